The van der Waals surface area contributed by atoms with E-state index in [4.69, 9.17) is 11.6 Å². The third-order valence-electron chi connectivity index (χ3n) is 1.48. The van der Waals surface area contributed by atoms with Crippen LogP contribution >= 0.6 is 11.6 Å². The Morgan fingerprint density at radius 2 is 2.25 bits per heavy atom. The van der Waals surface area contributed by atoms with Crippen molar-refractivity contribution in [2.75, 3.05) is 0 Å². The van der Waals surface area contributed by atoms with Gasteiger partial charge in [-0.1, -0.05) is 29.7 Å². The molecule has 12 heavy (non-hydrogen) atoms. The van der Waals surface area contributed by atoms with E-state index in [0.717, 1.165) is 11.1 Å². The van der Waals surface area contributed by atoms with Crippen molar-refractivity contribution in [2.24, 2.45) is 0 Å². The summed E-state index contributed by atoms with van der Waals surface area (Å²) < 4.78 is 0. The second-order valence-electron chi connectivity index (χ2n) is 2.32. The Labute approximate surface area is 76.4 Å². The van der Waals surface area contributed by atoms with E-state index in [0.29, 0.717) is 11.3 Å². The quantitative estimate of drug-likeness (QED) is 0.440. The van der Waals surface area contributed by atoms with Crippen LogP contribution in [0.2, 0.25) is 5.02 Å². The zero-order valence-corrected chi connectivity index (χ0v) is 7.35. The molecule has 0 atom stereocenters. The first-order chi connectivity index (χ1) is 5.75. The zero-order chi connectivity index (χ0) is 8.97. The number of aryl methyl sites for hydroxylation is 1. The highest BCUT2D eigenvalue weighted by atomic mass is 35.5. The van der Waals surface area contributed by atoms with E-state index in [1.54, 1.807) is 6.07 Å². The Hall–Kier alpha value is -1.26. The fourth-order valence-corrected chi connectivity index (χ4v) is 1.16. The van der Waals surface area contributed by atoms with Crippen LogP contribution < -0.4 is 0 Å². The lowest BCUT2D eigenvalue weighted by Gasteiger charge is -1.98. The van der Waals surface area contributed by atoms with Crippen molar-refractivity contribution >= 4 is 17.9 Å². The maximum atomic E-state index is 9.98. The number of carbonyl (C=O) groups excluding carboxylic acids is 1. The van der Waals surface area contributed by atoms with E-state index in [2.05, 4.69) is 11.8 Å². The largest absolute Gasteiger partial charge is 0.289 e. The van der Waals surface area contributed by atoms with Gasteiger partial charge in [0.1, 0.15) is 0 Å². The SMILES string of the molecule is Cc1cccc(Cl)c1C#CC=O. The summed E-state index contributed by atoms with van der Waals surface area (Å²) in [4.78, 5) is 9.98. The van der Waals surface area contributed by atoms with Gasteiger partial charge in [-0.15, -0.1) is 0 Å². The summed E-state index contributed by atoms with van der Waals surface area (Å²) in [5.41, 5.74) is 1.71. The summed E-state index contributed by atoms with van der Waals surface area (Å²) >= 11 is 5.85. The van der Waals surface area contributed by atoms with E-state index < -0.39 is 0 Å². The van der Waals surface area contributed by atoms with Crippen molar-refractivity contribution in [1.82, 2.24) is 0 Å². The molecule has 0 radical (unpaired) electrons. The first kappa shape index (κ1) is 8.83. The molecule has 0 spiro atoms. The maximum Gasteiger partial charge on any atom is 0.193 e. The predicted octanol–water partition coefficient (Wildman–Crippen LogP) is 2.20. The molecule has 1 nitrogen and oxygen atoms in total. The molecule has 0 aromatic heterocycles. The van der Waals surface area contributed by atoms with Gasteiger partial charge in [0, 0.05) is 5.56 Å². The highest BCUT2D eigenvalue weighted by molar-refractivity contribution is 6.31. The van der Waals surface area contributed by atoms with Crippen molar-refractivity contribution in [3.63, 3.8) is 0 Å². The topological polar surface area (TPSA) is 17.1 Å². The molecule has 1 rings (SSSR count). The lowest BCUT2D eigenvalue weighted by Crippen LogP contribution is -1.82. The van der Waals surface area contributed by atoms with Gasteiger partial charge in [0.25, 0.3) is 0 Å². The summed E-state index contributed by atoms with van der Waals surface area (Å²) in [6, 6.07) is 5.51. The average molecular weight is 179 g/mol. The molecular weight excluding hydrogens is 172 g/mol. The van der Waals surface area contributed by atoms with Gasteiger partial charge in [0.15, 0.2) is 6.29 Å². The minimum absolute atomic E-state index is 0.558. The second kappa shape index (κ2) is 3.94. The summed E-state index contributed by atoms with van der Waals surface area (Å²) in [6.45, 7) is 1.90. The highest BCUT2D eigenvalue weighted by Gasteiger charge is 1.98. The van der Waals surface area contributed by atoms with Crippen LogP contribution in [0.4, 0.5) is 0 Å². The van der Waals surface area contributed by atoms with Gasteiger partial charge in [-0.2, -0.15) is 0 Å². The van der Waals surface area contributed by atoms with Crippen LogP contribution in [-0.4, -0.2) is 6.29 Å². The van der Waals surface area contributed by atoms with Crippen LogP contribution in [0.15, 0.2) is 18.2 Å². The molecular formula is C10H7ClO. The molecule has 0 unspecified atom stereocenters. The van der Waals surface area contributed by atoms with E-state index >= 15 is 0 Å². The molecule has 2 heteroatoms. The molecule has 0 N–H and O–H groups in total. The van der Waals surface area contributed by atoms with Gasteiger partial charge in [0.05, 0.1) is 5.02 Å². The number of halogens is 1. The Morgan fingerprint density at radius 1 is 1.50 bits per heavy atom. The van der Waals surface area contributed by atoms with Gasteiger partial charge in [-0.25, -0.2) is 0 Å². The van der Waals surface area contributed by atoms with Crippen molar-refractivity contribution in [3.05, 3.63) is 34.3 Å². The Bertz CT molecular complexity index is 338. The Balaban J connectivity index is 3.21. The third kappa shape index (κ3) is 1.87. The third-order valence-corrected chi connectivity index (χ3v) is 1.79. The molecule has 0 aliphatic rings. The van der Waals surface area contributed by atoms with Gasteiger partial charge in [-0.05, 0) is 24.5 Å². The molecule has 0 heterocycles. The second-order valence-corrected chi connectivity index (χ2v) is 2.73. The molecule has 60 valence electrons. The first-order valence-corrected chi connectivity index (χ1v) is 3.84. The summed E-state index contributed by atoms with van der Waals surface area (Å²) in [5.74, 6) is 5.01. The minimum Gasteiger partial charge on any atom is -0.289 e. The summed E-state index contributed by atoms with van der Waals surface area (Å²) in [6.07, 6.45) is 0.558. The monoisotopic (exact) mass is 178 g/mol. The van der Waals surface area contributed by atoms with Crippen LogP contribution in [0.1, 0.15) is 11.1 Å². The standard InChI is InChI=1S/C10H7ClO/c1-8-4-2-6-10(11)9(8)5-3-7-12/h2,4,6-7H,1H3. The van der Waals surface area contributed by atoms with Crippen LogP contribution in [0.3, 0.4) is 0 Å². The van der Waals surface area contributed by atoms with E-state index in [1.807, 2.05) is 19.1 Å². The predicted molar refractivity (Wildman–Crippen MR) is 49.1 cm³/mol. The van der Waals surface area contributed by atoms with Gasteiger partial charge in [0.2, 0.25) is 0 Å². The number of rotatable bonds is 0. The van der Waals surface area contributed by atoms with Gasteiger partial charge < -0.3 is 0 Å². The fraction of sp³-hybridized carbons (Fsp3) is 0.100. The van der Waals surface area contributed by atoms with Crippen LogP contribution in [0, 0.1) is 18.8 Å². The van der Waals surface area contributed by atoms with Crippen LogP contribution in [0.5, 0.6) is 0 Å². The zero-order valence-electron chi connectivity index (χ0n) is 6.60. The van der Waals surface area contributed by atoms with E-state index in [9.17, 15) is 4.79 Å². The number of hydrogen-bond donors (Lipinski definition) is 0. The Kier molecular flexibility index (Phi) is 2.90. The Morgan fingerprint density at radius 3 is 2.83 bits per heavy atom. The molecule has 1 aromatic rings. The highest BCUT2D eigenvalue weighted by Crippen LogP contribution is 2.17. The molecule has 0 saturated carbocycles. The fourth-order valence-electron chi connectivity index (χ4n) is 0.892. The maximum absolute atomic E-state index is 9.98. The number of carbonyl (C=O) groups is 1. The van der Waals surface area contributed by atoms with Crippen molar-refractivity contribution in [2.45, 2.75) is 6.92 Å². The smallest absolute Gasteiger partial charge is 0.193 e. The minimum atomic E-state index is 0.558. The molecule has 0 amide bonds. The normalized spacial score (nSPS) is 8.50. The molecule has 0 fully saturated rings. The lowest BCUT2D eigenvalue weighted by atomic mass is 10.1. The summed E-state index contributed by atoms with van der Waals surface area (Å²) in [7, 11) is 0. The first-order valence-electron chi connectivity index (χ1n) is 3.46. The molecule has 0 saturated heterocycles. The summed E-state index contributed by atoms with van der Waals surface area (Å²) in [5, 5.41) is 0.587. The molecule has 0 aliphatic heterocycles. The van der Waals surface area contributed by atoms with Crippen molar-refractivity contribution < 1.29 is 4.79 Å². The van der Waals surface area contributed by atoms with E-state index in [-0.39, 0.29) is 0 Å². The van der Waals surface area contributed by atoms with Gasteiger partial charge >= 0.3 is 0 Å². The molecule has 0 aliphatic carbocycles. The van der Waals surface area contributed by atoms with Gasteiger partial charge in [-0.3, -0.25) is 4.79 Å². The van der Waals surface area contributed by atoms with Crippen molar-refractivity contribution in [3.8, 4) is 11.8 Å². The molecule has 0 bridgehead atoms. The van der Waals surface area contributed by atoms with E-state index in [1.165, 1.54) is 0 Å². The number of benzene rings is 1. The lowest BCUT2D eigenvalue weighted by molar-refractivity contribution is -0.103. The van der Waals surface area contributed by atoms with Crippen LogP contribution in [-0.2, 0) is 4.79 Å². The molecule has 1 aromatic carbocycles. The number of hydrogen-bond acceptors (Lipinski definition) is 1. The van der Waals surface area contributed by atoms with Crippen molar-refractivity contribution in [1.29, 1.82) is 0 Å². The number of aldehydes is 1. The van der Waals surface area contributed by atoms with Crippen LogP contribution in [0.25, 0.3) is 0 Å². The average Bonchev–Trinajstić information content (AvgIpc) is 2.04.